The number of rotatable bonds is 5. The minimum absolute atomic E-state index is 0.878. The zero-order valence-electron chi connectivity index (χ0n) is 28.0. The lowest BCUT2D eigenvalue weighted by molar-refractivity contribution is 0.670. The van der Waals surface area contributed by atoms with Crippen molar-refractivity contribution in [2.24, 2.45) is 0 Å². The fourth-order valence-electron chi connectivity index (χ4n) is 8.08. The number of nitrogens with zero attached hydrogens (tertiary/aromatic N) is 2. The summed E-state index contributed by atoms with van der Waals surface area (Å²) in [5.41, 5.74) is 10.8. The quantitative estimate of drug-likeness (QED) is 0.180. The Morgan fingerprint density at radius 3 is 1.98 bits per heavy atom. The second-order valence-electron chi connectivity index (χ2n) is 13.3. The molecule has 244 valence electrons. The Balaban J connectivity index is 1.22. The summed E-state index contributed by atoms with van der Waals surface area (Å²) in [6.07, 6.45) is 0. The van der Waals surface area contributed by atoms with Crippen LogP contribution in [0.15, 0.2) is 186 Å². The molecule has 0 saturated carbocycles. The highest BCUT2D eigenvalue weighted by atomic mass is 32.1. The Morgan fingerprint density at radius 2 is 1.12 bits per heavy atom. The van der Waals surface area contributed by atoms with Crippen molar-refractivity contribution in [3.05, 3.63) is 182 Å². The van der Waals surface area contributed by atoms with Gasteiger partial charge >= 0.3 is 0 Å². The molecule has 11 aromatic rings. The van der Waals surface area contributed by atoms with Gasteiger partial charge in [-0.1, -0.05) is 109 Å². The Morgan fingerprint density at radius 1 is 0.462 bits per heavy atom. The number of hydrogen-bond donors (Lipinski definition) is 0. The number of benzene rings is 8. The minimum atomic E-state index is 0.878. The van der Waals surface area contributed by atoms with Crippen LogP contribution in [0.2, 0.25) is 0 Å². The average molecular weight is 683 g/mol. The molecular formula is C48H30N2OS. The maximum absolute atomic E-state index is 6.76. The SMILES string of the molecule is c1ccc(-c2ccc(N(c3ccc4c(c3)sc3ccccc34)c3ccc4c(c3)c3ccccc3n4-c3ccccc3)c3c2oc2ccccc23)cc1. The maximum Gasteiger partial charge on any atom is 0.145 e. The molecule has 11 rings (SSSR count). The summed E-state index contributed by atoms with van der Waals surface area (Å²) in [6, 6.07) is 65.4. The summed E-state index contributed by atoms with van der Waals surface area (Å²) in [5.74, 6) is 0. The Bertz CT molecular complexity index is 3130. The highest BCUT2D eigenvalue weighted by molar-refractivity contribution is 7.25. The van der Waals surface area contributed by atoms with Crippen LogP contribution in [-0.2, 0) is 0 Å². The summed E-state index contributed by atoms with van der Waals surface area (Å²) < 4.78 is 11.7. The third-order valence-corrected chi connectivity index (χ3v) is 11.5. The van der Waals surface area contributed by atoms with E-state index in [1.807, 2.05) is 11.3 Å². The molecule has 3 nitrogen and oxygen atoms in total. The average Bonchev–Trinajstić information content (AvgIpc) is 3.88. The summed E-state index contributed by atoms with van der Waals surface area (Å²) in [6.45, 7) is 0. The number of aromatic nitrogens is 1. The van der Waals surface area contributed by atoms with Crippen molar-refractivity contribution in [1.82, 2.24) is 4.57 Å². The largest absolute Gasteiger partial charge is 0.455 e. The molecule has 0 fully saturated rings. The Kier molecular flexibility index (Phi) is 6.42. The van der Waals surface area contributed by atoms with Gasteiger partial charge in [0.1, 0.15) is 11.2 Å². The number of furan rings is 1. The van der Waals surface area contributed by atoms with E-state index in [0.29, 0.717) is 0 Å². The number of para-hydroxylation sites is 3. The van der Waals surface area contributed by atoms with E-state index in [9.17, 15) is 0 Å². The minimum Gasteiger partial charge on any atom is -0.455 e. The van der Waals surface area contributed by atoms with Crippen LogP contribution in [0.1, 0.15) is 0 Å². The number of anilines is 3. The number of hydrogen-bond acceptors (Lipinski definition) is 3. The van der Waals surface area contributed by atoms with Gasteiger partial charge in [0.2, 0.25) is 0 Å². The van der Waals surface area contributed by atoms with E-state index in [1.165, 1.54) is 42.0 Å². The van der Waals surface area contributed by atoms with Crippen molar-refractivity contribution in [2.75, 3.05) is 4.90 Å². The lowest BCUT2D eigenvalue weighted by Crippen LogP contribution is -2.10. The molecule has 0 saturated heterocycles. The standard InChI is InChI=1S/C48H30N2OS/c1-3-13-31(14-4-1)35-26-28-43(47-39-19-8-11-21-44(39)51-48(35)47)49(34-23-25-38-37-18-9-12-22-45(37)52-46(38)30-34)33-24-27-42-40(29-33)36-17-7-10-20-41(36)50(42)32-15-5-2-6-16-32/h1-30H. The van der Waals surface area contributed by atoms with E-state index >= 15 is 0 Å². The van der Waals surface area contributed by atoms with Crippen LogP contribution in [-0.4, -0.2) is 4.57 Å². The predicted octanol–water partition coefficient (Wildman–Crippen LogP) is 14.2. The summed E-state index contributed by atoms with van der Waals surface area (Å²) in [4.78, 5) is 2.43. The molecule has 0 aliphatic rings. The van der Waals surface area contributed by atoms with Crippen LogP contribution in [0.25, 0.3) is 80.7 Å². The van der Waals surface area contributed by atoms with E-state index in [4.69, 9.17) is 4.42 Å². The van der Waals surface area contributed by atoms with Gasteiger partial charge in [-0.15, -0.1) is 11.3 Å². The van der Waals surface area contributed by atoms with Gasteiger partial charge in [-0.2, -0.15) is 0 Å². The van der Waals surface area contributed by atoms with Crippen LogP contribution in [0.4, 0.5) is 17.1 Å². The molecule has 0 aliphatic heterocycles. The molecule has 0 radical (unpaired) electrons. The van der Waals surface area contributed by atoms with Crippen LogP contribution in [0.3, 0.4) is 0 Å². The van der Waals surface area contributed by atoms with Gasteiger partial charge in [-0.05, 0) is 78.4 Å². The highest BCUT2D eigenvalue weighted by Gasteiger charge is 2.24. The first-order valence-corrected chi connectivity index (χ1v) is 18.4. The van der Waals surface area contributed by atoms with Crippen molar-refractivity contribution in [2.45, 2.75) is 0 Å². The third kappa shape index (κ3) is 4.38. The summed E-state index contributed by atoms with van der Waals surface area (Å²) >= 11 is 1.85. The molecule has 3 heterocycles. The molecule has 0 N–H and O–H groups in total. The zero-order valence-corrected chi connectivity index (χ0v) is 28.8. The molecule has 0 aliphatic carbocycles. The van der Waals surface area contributed by atoms with Crippen molar-refractivity contribution in [3.8, 4) is 16.8 Å². The van der Waals surface area contributed by atoms with Crippen molar-refractivity contribution in [1.29, 1.82) is 0 Å². The first kappa shape index (κ1) is 29.1. The lowest BCUT2D eigenvalue weighted by Gasteiger charge is -2.27. The van der Waals surface area contributed by atoms with E-state index < -0.39 is 0 Å². The van der Waals surface area contributed by atoms with E-state index in [1.54, 1.807) is 0 Å². The van der Waals surface area contributed by atoms with Gasteiger partial charge in [0.05, 0.1) is 22.1 Å². The van der Waals surface area contributed by atoms with Crippen LogP contribution < -0.4 is 4.90 Å². The molecule has 0 amide bonds. The maximum atomic E-state index is 6.76. The van der Waals surface area contributed by atoms with Crippen LogP contribution in [0, 0.1) is 0 Å². The summed E-state index contributed by atoms with van der Waals surface area (Å²) in [5, 5.41) is 7.20. The van der Waals surface area contributed by atoms with E-state index in [0.717, 1.165) is 55.8 Å². The van der Waals surface area contributed by atoms with Crippen molar-refractivity contribution < 1.29 is 4.42 Å². The van der Waals surface area contributed by atoms with Gasteiger partial charge in [0.25, 0.3) is 0 Å². The number of thiophene rings is 1. The molecule has 4 heteroatoms. The van der Waals surface area contributed by atoms with Crippen LogP contribution in [0.5, 0.6) is 0 Å². The van der Waals surface area contributed by atoms with Gasteiger partial charge in [0, 0.05) is 59.0 Å². The van der Waals surface area contributed by atoms with Crippen molar-refractivity contribution in [3.63, 3.8) is 0 Å². The first-order chi connectivity index (χ1) is 25.8. The molecule has 0 bridgehead atoms. The van der Waals surface area contributed by atoms with Gasteiger partial charge in [0.15, 0.2) is 0 Å². The second-order valence-corrected chi connectivity index (χ2v) is 14.4. The zero-order chi connectivity index (χ0) is 34.2. The van der Waals surface area contributed by atoms with E-state index in [-0.39, 0.29) is 0 Å². The predicted molar refractivity (Wildman–Crippen MR) is 221 cm³/mol. The Hall–Kier alpha value is -6.62. The molecule has 0 spiro atoms. The van der Waals surface area contributed by atoms with E-state index in [2.05, 4.69) is 191 Å². The van der Waals surface area contributed by atoms with Gasteiger partial charge in [-0.3, -0.25) is 0 Å². The van der Waals surface area contributed by atoms with Gasteiger partial charge < -0.3 is 13.9 Å². The smallest absolute Gasteiger partial charge is 0.145 e. The fourth-order valence-corrected chi connectivity index (χ4v) is 9.22. The normalized spacial score (nSPS) is 11.8. The van der Waals surface area contributed by atoms with Crippen molar-refractivity contribution >= 4 is 92.3 Å². The molecule has 52 heavy (non-hydrogen) atoms. The fraction of sp³-hybridized carbons (Fsp3) is 0. The molecular weight excluding hydrogens is 653 g/mol. The Labute approximate surface area is 303 Å². The molecule has 0 atom stereocenters. The lowest BCUT2D eigenvalue weighted by atomic mass is 9.99. The monoisotopic (exact) mass is 682 g/mol. The topological polar surface area (TPSA) is 21.3 Å². The number of fused-ring (bicyclic) bond motifs is 9. The summed E-state index contributed by atoms with van der Waals surface area (Å²) in [7, 11) is 0. The molecule has 0 unspecified atom stereocenters. The van der Waals surface area contributed by atoms with Gasteiger partial charge in [-0.25, -0.2) is 0 Å². The third-order valence-electron chi connectivity index (χ3n) is 10.4. The molecule has 3 aromatic heterocycles. The van der Waals surface area contributed by atoms with Crippen LogP contribution >= 0.6 is 11.3 Å². The molecule has 8 aromatic carbocycles. The highest BCUT2D eigenvalue weighted by Crippen LogP contribution is 2.48. The first-order valence-electron chi connectivity index (χ1n) is 17.6. The second kappa shape index (κ2) is 11.5.